The summed E-state index contributed by atoms with van der Waals surface area (Å²) < 4.78 is 68.2. The molecule has 0 aromatic carbocycles. The van der Waals surface area contributed by atoms with Gasteiger partial charge in [-0.25, -0.2) is 23.4 Å². The minimum Gasteiger partial charge on any atom is -0.477 e. The zero-order valence-electron chi connectivity index (χ0n) is 37.7. The van der Waals surface area contributed by atoms with Gasteiger partial charge in [-0.15, -0.1) is 5.10 Å². The fraction of sp³-hybridized carbons (Fsp3) is 0.676. The standard InChI is InChI=1S/C37H52N7O26P/c1-14(46)61-12-22-29(64-15(2)47)31(65-16(3)48)32(66-17(4)49)34(68-22)62-11-18-8-43(42-41-18)9-24(52)40-25-19(50)7-37(35(56)57,69-30(25)26(53)20(51)10-45)70-71(59,60)63-13-21-27(54)28(55)33(67-21)44-6-5-23(38)39-36(44)58/h5-6,8,19-22,25-34,45,50-51,53-55H,7,9-13H2,1-4H3,(H,40,52)(H,56,57)(H,59,60)(H2,38,39,58)/t19-,20+,21+,22+,25+,26+,27+,28+,29-,30+,31-,32+,33+,34+,37+/m0/s1. The Balaban J connectivity index is 1.27. The van der Waals surface area contributed by atoms with E-state index in [1.165, 1.54) is 6.07 Å². The quantitative estimate of drug-likeness (QED) is 0.0316. The van der Waals surface area contributed by atoms with Crippen LogP contribution in [-0.2, 0) is 93.4 Å². The molecule has 3 fully saturated rings. The first kappa shape index (κ1) is 56.3. The molecule has 11 N–H and O–H groups in total. The number of phosphoric acid groups is 1. The number of aliphatic hydroxyl groups excluding tert-OH is 6. The largest absolute Gasteiger partial charge is 0.477 e. The highest BCUT2D eigenvalue weighted by Gasteiger charge is 2.59. The van der Waals surface area contributed by atoms with E-state index in [0.717, 1.165) is 49.3 Å². The van der Waals surface area contributed by atoms with Gasteiger partial charge in [0.05, 0.1) is 38.2 Å². The summed E-state index contributed by atoms with van der Waals surface area (Å²) in [4.78, 5) is 101. The molecule has 34 heteroatoms. The summed E-state index contributed by atoms with van der Waals surface area (Å²) in [7, 11) is -5.73. The number of carboxylic acids is 1. The molecule has 0 aliphatic carbocycles. The zero-order chi connectivity index (χ0) is 52.7. The van der Waals surface area contributed by atoms with E-state index >= 15 is 0 Å². The molecule has 16 atom stereocenters. The van der Waals surface area contributed by atoms with E-state index in [0.29, 0.717) is 0 Å². The summed E-state index contributed by atoms with van der Waals surface area (Å²) in [5, 5.41) is 83.4. The third-order valence-corrected chi connectivity index (χ3v) is 11.5. The fourth-order valence-electron chi connectivity index (χ4n) is 7.43. The number of phosphoric ester groups is 1. The molecule has 33 nitrogen and oxygen atoms in total. The number of aromatic nitrogens is 5. The Bertz CT molecular complexity index is 2360. The molecule has 0 bridgehead atoms. The molecule has 396 valence electrons. The lowest BCUT2D eigenvalue weighted by atomic mass is 9.88. The molecule has 5 heterocycles. The van der Waals surface area contributed by atoms with Crippen LogP contribution in [0.5, 0.6) is 0 Å². The van der Waals surface area contributed by atoms with Crippen LogP contribution in [0.4, 0.5) is 5.82 Å². The minimum atomic E-state index is -5.73. The molecule has 3 aliphatic rings. The van der Waals surface area contributed by atoms with Gasteiger partial charge in [0.2, 0.25) is 5.91 Å². The number of carboxylic acid groups (broad SMARTS) is 1. The van der Waals surface area contributed by atoms with E-state index in [4.69, 9.17) is 52.7 Å². The summed E-state index contributed by atoms with van der Waals surface area (Å²) in [5.74, 6) is -10.3. The van der Waals surface area contributed by atoms with Crippen molar-refractivity contribution in [1.29, 1.82) is 0 Å². The van der Waals surface area contributed by atoms with Crippen molar-refractivity contribution < 1.29 is 121 Å². The van der Waals surface area contributed by atoms with E-state index < -0.39 is 180 Å². The van der Waals surface area contributed by atoms with Crippen LogP contribution in [0.15, 0.2) is 23.3 Å². The summed E-state index contributed by atoms with van der Waals surface area (Å²) >= 11 is 0. The number of hydrogen-bond acceptors (Lipinski definition) is 28. The first-order valence-electron chi connectivity index (χ1n) is 21.0. The number of hydrogen-bond donors (Lipinski definition) is 10. The smallest absolute Gasteiger partial charge is 0.475 e. The highest BCUT2D eigenvalue weighted by molar-refractivity contribution is 7.47. The number of nitrogens with two attached hydrogens (primary N) is 1. The Morgan fingerprint density at radius 3 is 2.20 bits per heavy atom. The van der Waals surface area contributed by atoms with E-state index in [1.807, 2.05) is 0 Å². The van der Waals surface area contributed by atoms with Gasteiger partial charge < -0.3 is 89.6 Å². The number of nitrogens with zero attached hydrogens (tertiary/aromatic N) is 5. The monoisotopic (exact) mass is 1040 g/mol. The molecular formula is C37H52N7O26P. The van der Waals surface area contributed by atoms with Crippen LogP contribution in [0.3, 0.4) is 0 Å². The second kappa shape index (κ2) is 23.7. The van der Waals surface area contributed by atoms with Crippen LogP contribution in [0.1, 0.15) is 46.0 Å². The molecule has 0 spiro atoms. The average molecular weight is 1040 g/mol. The van der Waals surface area contributed by atoms with Gasteiger partial charge in [0.1, 0.15) is 67.4 Å². The predicted molar refractivity (Wildman–Crippen MR) is 219 cm³/mol. The first-order valence-corrected chi connectivity index (χ1v) is 22.4. The van der Waals surface area contributed by atoms with Gasteiger partial charge in [-0.3, -0.25) is 33.1 Å². The summed E-state index contributed by atoms with van der Waals surface area (Å²) in [6.45, 7) is -0.00177. The number of anilines is 1. The van der Waals surface area contributed by atoms with Crippen LogP contribution in [-0.4, -0.2) is 206 Å². The lowest BCUT2D eigenvalue weighted by molar-refractivity contribution is -0.310. The van der Waals surface area contributed by atoms with Crippen molar-refractivity contribution >= 4 is 49.4 Å². The number of carbonyl (C=O) groups is 6. The van der Waals surface area contributed by atoms with Gasteiger partial charge in [0, 0.05) is 40.3 Å². The van der Waals surface area contributed by atoms with Crippen molar-refractivity contribution in [2.75, 3.05) is 25.6 Å². The summed E-state index contributed by atoms with van der Waals surface area (Å²) in [6.07, 6.45) is -22.6. The van der Waals surface area contributed by atoms with Gasteiger partial charge in [-0.05, 0) is 6.07 Å². The Labute approximate surface area is 398 Å². The maximum Gasteiger partial charge on any atom is 0.475 e. The number of rotatable bonds is 21. The zero-order valence-corrected chi connectivity index (χ0v) is 38.6. The Hall–Kier alpha value is -5.65. The van der Waals surface area contributed by atoms with Crippen molar-refractivity contribution in [3.63, 3.8) is 0 Å². The van der Waals surface area contributed by atoms with E-state index in [-0.39, 0.29) is 11.5 Å². The fourth-order valence-corrected chi connectivity index (χ4v) is 8.39. The molecule has 1 unspecified atom stereocenters. The lowest BCUT2D eigenvalue weighted by Crippen LogP contribution is -2.68. The molecule has 2 aromatic heterocycles. The molecular weight excluding hydrogens is 989 g/mol. The normalized spacial score (nSPS) is 31.3. The molecule has 1 amide bonds. The van der Waals surface area contributed by atoms with E-state index in [1.54, 1.807) is 0 Å². The summed E-state index contributed by atoms with van der Waals surface area (Å²) in [6, 6.07) is -0.711. The van der Waals surface area contributed by atoms with Crippen LogP contribution in [0.25, 0.3) is 0 Å². The Kier molecular flexibility index (Phi) is 18.8. The van der Waals surface area contributed by atoms with Crippen LogP contribution in [0, 0.1) is 0 Å². The lowest BCUT2D eigenvalue weighted by Gasteiger charge is -2.46. The maximum atomic E-state index is 13.4. The van der Waals surface area contributed by atoms with Crippen LogP contribution in [0.2, 0.25) is 0 Å². The van der Waals surface area contributed by atoms with E-state index in [9.17, 15) is 78.8 Å². The summed E-state index contributed by atoms with van der Waals surface area (Å²) in [5.41, 5.74) is 4.43. The van der Waals surface area contributed by atoms with Gasteiger partial charge in [0.15, 0.2) is 30.8 Å². The highest BCUT2D eigenvalue weighted by atomic mass is 31.2. The van der Waals surface area contributed by atoms with Crippen LogP contribution >= 0.6 is 7.82 Å². The molecule has 71 heavy (non-hydrogen) atoms. The number of amides is 1. The van der Waals surface area contributed by atoms with Gasteiger partial charge in [-0.1, -0.05) is 5.21 Å². The van der Waals surface area contributed by atoms with Crippen molar-refractivity contribution in [1.82, 2.24) is 29.9 Å². The molecule has 5 rings (SSSR count). The number of aliphatic carboxylic acids is 1. The Morgan fingerprint density at radius 2 is 1.59 bits per heavy atom. The molecule has 2 aromatic rings. The predicted octanol–water partition coefficient (Wildman–Crippen LogP) is -6.40. The number of carbonyl (C=O) groups excluding carboxylic acids is 5. The van der Waals surface area contributed by atoms with Crippen molar-refractivity contribution in [3.05, 3.63) is 34.6 Å². The average Bonchev–Trinajstić information content (AvgIpc) is 3.84. The third-order valence-electron chi connectivity index (χ3n) is 10.5. The number of esters is 4. The van der Waals surface area contributed by atoms with Crippen molar-refractivity contribution in [2.45, 2.75) is 139 Å². The molecule has 3 saturated heterocycles. The van der Waals surface area contributed by atoms with E-state index in [2.05, 4.69) is 20.6 Å². The topological polar surface area (TPSA) is 477 Å². The number of aliphatic hydroxyl groups is 6. The Morgan fingerprint density at radius 1 is 0.944 bits per heavy atom. The van der Waals surface area contributed by atoms with Crippen LogP contribution < -0.4 is 16.7 Å². The number of ether oxygens (including phenoxy) is 8. The minimum absolute atomic E-state index is 0.0373. The molecule has 0 radical (unpaired) electrons. The maximum absolute atomic E-state index is 13.4. The third kappa shape index (κ3) is 14.3. The molecule has 0 saturated carbocycles. The highest BCUT2D eigenvalue weighted by Crippen LogP contribution is 2.51. The second-order valence-corrected chi connectivity index (χ2v) is 17.4. The van der Waals surface area contributed by atoms with Gasteiger partial charge in [0.25, 0.3) is 5.79 Å². The van der Waals surface area contributed by atoms with Gasteiger partial charge in [-0.2, -0.15) is 4.98 Å². The SMILES string of the molecule is CC(=O)OC[C@H]1O[C@@H](OCc2cn(CC(=O)N[C@H]3[C@H]([C@H](O)[C@H](O)CO)O[C@](OP(=O)(O)OC[C@H]4O[C@@H](n5ccc(N)nc5=O)[C@H](O)[C@@H]4O)(C(=O)O)C[C@@H]3O)nn2)[C@H](OC(C)=O)[C@@H](OC(C)=O)[C@H]1OC(C)=O. The first-order chi connectivity index (χ1) is 33.2. The molecule has 3 aliphatic heterocycles. The van der Waals surface area contributed by atoms with Gasteiger partial charge >= 0.3 is 43.4 Å². The van der Waals surface area contributed by atoms with Crippen molar-refractivity contribution in [2.24, 2.45) is 0 Å². The number of nitrogen functional groups attached to an aromatic ring is 1. The second-order valence-electron chi connectivity index (χ2n) is 16.0. The number of nitrogens with one attached hydrogen (secondary N) is 1. The van der Waals surface area contributed by atoms with Crippen molar-refractivity contribution in [3.8, 4) is 0 Å².